The van der Waals surface area contributed by atoms with Crippen molar-refractivity contribution in [3.8, 4) is 23.0 Å². The molecule has 0 aliphatic carbocycles. The van der Waals surface area contributed by atoms with Crippen LogP contribution in [0, 0.1) is 0 Å². The molecule has 27 heavy (non-hydrogen) atoms. The van der Waals surface area contributed by atoms with E-state index in [1.165, 1.54) is 0 Å². The van der Waals surface area contributed by atoms with Gasteiger partial charge in [0.05, 0.1) is 17.7 Å². The minimum absolute atomic E-state index is 0.248. The van der Waals surface area contributed by atoms with Gasteiger partial charge in [0.2, 0.25) is 6.79 Å². The highest BCUT2D eigenvalue weighted by molar-refractivity contribution is 9.10. The summed E-state index contributed by atoms with van der Waals surface area (Å²) in [6.45, 7) is 2.16. The van der Waals surface area contributed by atoms with Crippen LogP contribution in [0.25, 0.3) is 0 Å². The first-order valence-electron chi connectivity index (χ1n) is 8.68. The van der Waals surface area contributed by atoms with Gasteiger partial charge in [-0.05, 0) is 45.8 Å². The zero-order chi connectivity index (χ0) is 18.6. The number of hydrogen-bond acceptors (Lipinski definition) is 5. The van der Waals surface area contributed by atoms with Crippen molar-refractivity contribution in [2.24, 2.45) is 4.99 Å². The predicted octanol–water partition coefficient (Wildman–Crippen LogP) is 3.53. The second-order valence-electron chi connectivity index (χ2n) is 6.07. The molecule has 8 heteroatoms. The number of fused-ring (bicyclic) bond motifs is 2. The van der Waals surface area contributed by atoms with E-state index in [0.29, 0.717) is 25.7 Å². The molecule has 0 fully saturated rings. The van der Waals surface area contributed by atoms with Crippen LogP contribution < -0.4 is 29.6 Å². The molecule has 0 amide bonds. The van der Waals surface area contributed by atoms with E-state index in [1.807, 2.05) is 30.3 Å². The van der Waals surface area contributed by atoms with Crippen LogP contribution in [0.4, 0.5) is 5.69 Å². The normalized spacial score (nSPS) is 15.3. The number of nitrogens with one attached hydrogen (secondary N) is 2. The Bertz CT molecular complexity index is 872. The number of nitrogens with zero attached hydrogens (tertiary/aromatic N) is 1. The van der Waals surface area contributed by atoms with Crippen molar-refractivity contribution in [1.82, 2.24) is 5.32 Å². The maximum atomic E-state index is 5.73. The zero-order valence-corrected chi connectivity index (χ0v) is 16.5. The molecule has 0 atom stereocenters. The fourth-order valence-electron chi connectivity index (χ4n) is 2.87. The van der Waals surface area contributed by atoms with Crippen LogP contribution in [-0.2, 0) is 6.54 Å². The minimum Gasteiger partial charge on any atom is -0.490 e. The van der Waals surface area contributed by atoms with Crippen molar-refractivity contribution in [1.29, 1.82) is 0 Å². The lowest BCUT2D eigenvalue weighted by atomic mass is 10.2. The number of aliphatic imine (C=N–C) groups is 1. The van der Waals surface area contributed by atoms with Gasteiger partial charge in [0, 0.05) is 31.8 Å². The lowest BCUT2D eigenvalue weighted by molar-refractivity contribution is 0.173. The molecule has 2 heterocycles. The molecule has 4 rings (SSSR count). The molecule has 2 N–H and O–H groups in total. The molecule has 0 aromatic heterocycles. The summed E-state index contributed by atoms with van der Waals surface area (Å²) in [4.78, 5) is 4.28. The Morgan fingerprint density at radius 2 is 1.89 bits per heavy atom. The van der Waals surface area contributed by atoms with Gasteiger partial charge < -0.3 is 29.6 Å². The van der Waals surface area contributed by atoms with E-state index in [1.54, 1.807) is 7.05 Å². The van der Waals surface area contributed by atoms with E-state index < -0.39 is 0 Å². The maximum Gasteiger partial charge on any atom is 0.231 e. The topological polar surface area (TPSA) is 73.3 Å². The van der Waals surface area contributed by atoms with Gasteiger partial charge in [-0.1, -0.05) is 0 Å². The summed E-state index contributed by atoms with van der Waals surface area (Å²) in [7, 11) is 1.73. The quantitative estimate of drug-likeness (QED) is 0.569. The molecule has 0 bridgehead atoms. The number of hydrogen-bond donors (Lipinski definition) is 2. The standard InChI is InChI=1S/C19H20BrN3O4/c1-21-19(22-10-12-7-14(20)18-17(8-12)26-11-27-18)23-13-3-4-15-16(9-13)25-6-2-5-24-15/h3-4,7-9H,2,5-6,10-11H2,1H3,(H2,21,22,23). The highest BCUT2D eigenvalue weighted by atomic mass is 79.9. The molecule has 2 aliphatic heterocycles. The maximum absolute atomic E-state index is 5.73. The van der Waals surface area contributed by atoms with Crippen LogP contribution in [0.1, 0.15) is 12.0 Å². The second-order valence-corrected chi connectivity index (χ2v) is 6.93. The smallest absolute Gasteiger partial charge is 0.231 e. The van der Waals surface area contributed by atoms with Gasteiger partial charge in [-0.2, -0.15) is 0 Å². The highest BCUT2D eigenvalue weighted by Gasteiger charge is 2.18. The van der Waals surface area contributed by atoms with Gasteiger partial charge in [-0.3, -0.25) is 4.99 Å². The zero-order valence-electron chi connectivity index (χ0n) is 14.9. The van der Waals surface area contributed by atoms with Crippen LogP contribution >= 0.6 is 15.9 Å². The van der Waals surface area contributed by atoms with Crippen molar-refractivity contribution >= 4 is 27.6 Å². The SMILES string of the molecule is CN=C(NCc1cc(Br)c2c(c1)OCO2)Nc1ccc2c(c1)OCCCO2. The lowest BCUT2D eigenvalue weighted by Crippen LogP contribution is -2.30. The summed E-state index contributed by atoms with van der Waals surface area (Å²) in [5.41, 5.74) is 1.92. The molecular formula is C19H20BrN3O4. The average molecular weight is 434 g/mol. The molecule has 2 aliphatic rings. The molecular weight excluding hydrogens is 414 g/mol. The van der Waals surface area contributed by atoms with Crippen LogP contribution in [-0.4, -0.2) is 33.0 Å². The van der Waals surface area contributed by atoms with Crippen molar-refractivity contribution in [2.75, 3.05) is 32.4 Å². The van der Waals surface area contributed by atoms with Crippen LogP contribution in [0.5, 0.6) is 23.0 Å². The fraction of sp³-hybridized carbons (Fsp3) is 0.316. The van der Waals surface area contributed by atoms with E-state index in [4.69, 9.17) is 18.9 Å². The number of rotatable bonds is 3. The predicted molar refractivity (Wildman–Crippen MR) is 106 cm³/mol. The van der Waals surface area contributed by atoms with E-state index in [2.05, 4.69) is 31.6 Å². The van der Waals surface area contributed by atoms with Crippen molar-refractivity contribution in [2.45, 2.75) is 13.0 Å². The van der Waals surface area contributed by atoms with Crippen LogP contribution in [0.15, 0.2) is 39.8 Å². The molecule has 0 radical (unpaired) electrons. The summed E-state index contributed by atoms with van der Waals surface area (Å²) in [5.74, 6) is 3.65. The third-order valence-electron chi connectivity index (χ3n) is 4.18. The molecule has 142 valence electrons. The Balaban J connectivity index is 1.42. The van der Waals surface area contributed by atoms with Gasteiger partial charge >= 0.3 is 0 Å². The van der Waals surface area contributed by atoms with E-state index in [-0.39, 0.29) is 6.79 Å². The highest BCUT2D eigenvalue weighted by Crippen LogP contribution is 2.40. The first kappa shape index (κ1) is 17.8. The molecule has 0 unspecified atom stereocenters. The fourth-order valence-corrected chi connectivity index (χ4v) is 3.47. The first-order valence-corrected chi connectivity index (χ1v) is 9.47. The third kappa shape index (κ3) is 4.05. The van der Waals surface area contributed by atoms with Crippen molar-refractivity contribution in [3.05, 3.63) is 40.4 Å². The Kier molecular flexibility index (Phi) is 5.24. The van der Waals surface area contributed by atoms with Gasteiger partial charge in [-0.25, -0.2) is 0 Å². The lowest BCUT2D eigenvalue weighted by Gasteiger charge is -2.14. The summed E-state index contributed by atoms with van der Waals surface area (Å²) in [6.07, 6.45) is 0.881. The van der Waals surface area contributed by atoms with Crippen LogP contribution in [0.3, 0.4) is 0 Å². The largest absolute Gasteiger partial charge is 0.490 e. The summed E-state index contributed by atoms with van der Waals surface area (Å²) >= 11 is 3.51. The Morgan fingerprint density at radius 1 is 1.04 bits per heavy atom. The monoisotopic (exact) mass is 433 g/mol. The van der Waals surface area contributed by atoms with Crippen molar-refractivity contribution in [3.63, 3.8) is 0 Å². The number of benzene rings is 2. The Labute approximate surface area is 165 Å². The number of guanidine groups is 1. The average Bonchev–Trinajstić information content (AvgIpc) is 3.03. The van der Waals surface area contributed by atoms with Gasteiger partial charge in [0.25, 0.3) is 0 Å². The van der Waals surface area contributed by atoms with Gasteiger partial charge in [0.15, 0.2) is 29.0 Å². The second kappa shape index (κ2) is 7.96. The summed E-state index contributed by atoms with van der Waals surface area (Å²) in [5, 5.41) is 6.57. The van der Waals surface area contributed by atoms with E-state index >= 15 is 0 Å². The molecule has 2 aromatic rings. The molecule has 0 saturated heterocycles. The summed E-state index contributed by atoms with van der Waals surface area (Å²) in [6, 6.07) is 9.73. The van der Waals surface area contributed by atoms with Gasteiger partial charge in [-0.15, -0.1) is 0 Å². The molecule has 2 aromatic carbocycles. The summed E-state index contributed by atoms with van der Waals surface area (Å²) < 4.78 is 23.1. The van der Waals surface area contributed by atoms with Crippen molar-refractivity contribution < 1.29 is 18.9 Å². The minimum atomic E-state index is 0.248. The first-order chi connectivity index (χ1) is 13.2. The third-order valence-corrected chi connectivity index (χ3v) is 4.77. The van der Waals surface area contributed by atoms with E-state index in [0.717, 1.165) is 45.1 Å². The number of halogens is 1. The van der Waals surface area contributed by atoms with Crippen LogP contribution in [0.2, 0.25) is 0 Å². The number of anilines is 1. The van der Waals surface area contributed by atoms with Gasteiger partial charge in [0.1, 0.15) is 0 Å². The van der Waals surface area contributed by atoms with E-state index in [9.17, 15) is 0 Å². The number of ether oxygens (including phenoxy) is 4. The Hall–Kier alpha value is -2.61. The molecule has 0 spiro atoms. The molecule has 7 nitrogen and oxygen atoms in total. The molecule has 0 saturated carbocycles. The Morgan fingerprint density at radius 3 is 2.74 bits per heavy atom.